The highest BCUT2D eigenvalue weighted by Gasteiger charge is 2.10. The zero-order valence-electron chi connectivity index (χ0n) is 11.1. The summed E-state index contributed by atoms with van der Waals surface area (Å²) in [5.41, 5.74) is 3.86. The van der Waals surface area contributed by atoms with Crippen LogP contribution >= 0.6 is 0 Å². The summed E-state index contributed by atoms with van der Waals surface area (Å²) in [7, 11) is 0. The largest absolute Gasteiger partial charge is 0.442 e. The molecule has 0 spiro atoms. The minimum absolute atomic E-state index is 0.518. The standard InChI is InChI=1S/C16H22O/c1-5-7-8-14(4)16-10-9-13(3)11-15(16)12-17-6-2/h2,9-11,14H,5,7-8,12H2,1,3-4H3. The van der Waals surface area contributed by atoms with Crippen LogP contribution in [0.1, 0.15) is 55.7 Å². The number of rotatable bonds is 6. The minimum atomic E-state index is 0.518. The molecule has 1 atom stereocenters. The van der Waals surface area contributed by atoms with Crippen molar-refractivity contribution in [3.8, 4) is 12.5 Å². The smallest absolute Gasteiger partial charge is 0.125 e. The van der Waals surface area contributed by atoms with E-state index in [1.54, 1.807) is 0 Å². The van der Waals surface area contributed by atoms with Crippen molar-refractivity contribution in [2.45, 2.75) is 52.6 Å². The Balaban J connectivity index is 2.85. The first-order chi connectivity index (χ1) is 8.19. The second kappa shape index (κ2) is 7.01. The Morgan fingerprint density at radius 3 is 2.82 bits per heavy atom. The van der Waals surface area contributed by atoms with Crippen LogP contribution in [0.2, 0.25) is 0 Å². The zero-order valence-corrected chi connectivity index (χ0v) is 11.1. The third-order valence-corrected chi connectivity index (χ3v) is 3.13. The lowest BCUT2D eigenvalue weighted by Gasteiger charge is -2.16. The van der Waals surface area contributed by atoms with Crippen molar-refractivity contribution in [2.24, 2.45) is 0 Å². The summed E-state index contributed by atoms with van der Waals surface area (Å²) in [6.45, 7) is 7.12. The van der Waals surface area contributed by atoms with Crippen LogP contribution < -0.4 is 0 Å². The van der Waals surface area contributed by atoms with Crippen LogP contribution in [-0.4, -0.2) is 0 Å². The van der Waals surface area contributed by atoms with E-state index in [1.807, 2.05) is 0 Å². The van der Waals surface area contributed by atoms with Gasteiger partial charge in [0.25, 0.3) is 0 Å². The lowest BCUT2D eigenvalue weighted by atomic mass is 9.91. The summed E-state index contributed by atoms with van der Waals surface area (Å²) in [5, 5.41) is 0. The highest BCUT2D eigenvalue weighted by molar-refractivity contribution is 5.33. The van der Waals surface area contributed by atoms with Gasteiger partial charge in [-0.2, -0.15) is 0 Å². The van der Waals surface area contributed by atoms with E-state index in [0.717, 1.165) is 0 Å². The van der Waals surface area contributed by atoms with Gasteiger partial charge in [0.05, 0.1) is 0 Å². The van der Waals surface area contributed by atoms with E-state index in [0.29, 0.717) is 12.5 Å². The summed E-state index contributed by atoms with van der Waals surface area (Å²) in [5.74, 6) is 0.576. The Labute approximate surface area is 105 Å². The van der Waals surface area contributed by atoms with Crippen LogP contribution in [0.3, 0.4) is 0 Å². The fraction of sp³-hybridized carbons (Fsp3) is 0.500. The van der Waals surface area contributed by atoms with Crippen LogP contribution in [0.15, 0.2) is 18.2 Å². The van der Waals surface area contributed by atoms with E-state index >= 15 is 0 Å². The second-order valence-electron chi connectivity index (χ2n) is 4.65. The predicted molar refractivity (Wildman–Crippen MR) is 72.7 cm³/mol. The Hall–Kier alpha value is -1.42. The minimum Gasteiger partial charge on any atom is -0.442 e. The number of benzene rings is 1. The van der Waals surface area contributed by atoms with Gasteiger partial charge in [0.15, 0.2) is 0 Å². The number of hydrogen-bond acceptors (Lipinski definition) is 1. The van der Waals surface area contributed by atoms with Crippen molar-refractivity contribution in [1.29, 1.82) is 0 Å². The van der Waals surface area contributed by atoms with Gasteiger partial charge >= 0.3 is 0 Å². The average Bonchev–Trinajstić information content (AvgIpc) is 2.33. The molecule has 1 aromatic carbocycles. The molecule has 1 nitrogen and oxygen atoms in total. The molecule has 0 aliphatic heterocycles. The zero-order chi connectivity index (χ0) is 12.7. The number of aryl methyl sites for hydroxylation is 1. The Morgan fingerprint density at radius 2 is 2.18 bits per heavy atom. The summed E-state index contributed by atoms with van der Waals surface area (Å²) in [4.78, 5) is 0. The molecular formula is C16H22O. The average molecular weight is 230 g/mol. The lowest BCUT2D eigenvalue weighted by molar-refractivity contribution is 0.263. The van der Waals surface area contributed by atoms with Crippen molar-refractivity contribution < 1.29 is 4.74 Å². The van der Waals surface area contributed by atoms with E-state index in [-0.39, 0.29) is 0 Å². The Morgan fingerprint density at radius 1 is 1.41 bits per heavy atom. The van der Waals surface area contributed by atoms with E-state index in [1.165, 1.54) is 36.0 Å². The molecule has 0 heterocycles. The molecule has 1 unspecified atom stereocenters. The van der Waals surface area contributed by atoms with Gasteiger partial charge < -0.3 is 4.74 Å². The molecule has 0 saturated carbocycles. The number of unbranched alkanes of at least 4 members (excludes halogenated alkanes) is 1. The summed E-state index contributed by atoms with van der Waals surface area (Å²) in [6.07, 6.45) is 11.1. The topological polar surface area (TPSA) is 9.23 Å². The molecule has 0 fully saturated rings. The van der Waals surface area contributed by atoms with Crippen LogP contribution in [-0.2, 0) is 11.3 Å². The van der Waals surface area contributed by atoms with Gasteiger partial charge in [-0.05, 0) is 30.4 Å². The van der Waals surface area contributed by atoms with Gasteiger partial charge in [-0.1, -0.05) is 56.9 Å². The summed E-state index contributed by atoms with van der Waals surface area (Å²) in [6, 6.07) is 6.55. The third kappa shape index (κ3) is 4.15. The molecule has 1 rings (SSSR count). The van der Waals surface area contributed by atoms with Crippen molar-refractivity contribution in [3.63, 3.8) is 0 Å². The predicted octanol–water partition coefficient (Wildman–Crippen LogP) is 4.40. The normalized spacial score (nSPS) is 11.9. The fourth-order valence-corrected chi connectivity index (χ4v) is 2.13. The molecule has 92 valence electrons. The molecule has 0 N–H and O–H groups in total. The maximum Gasteiger partial charge on any atom is 0.125 e. The van der Waals surface area contributed by atoms with E-state index in [2.05, 4.69) is 45.1 Å². The first kappa shape index (κ1) is 13.6. The first-order valence-electron chi connectivity index (χ1n) is 6.35. The second-order valence-corrected chi connectivity index (χ2v) is 4.65. The molecular weight excluding hydrogens is 208 g/mol. The van der Waals surface area contributed by atoms with E-state index in [9.17, 15) is 0 Å². The van der Waals surface area contributed by atoms with Gasteiger partial charge in [0.1, 0.15) is 12.7 Å². The lowest BCUT2D eigenvalue weighted by Crippen LogP contribution is -2.01. The van der Waals surface area contributed by atoms with Gasteiger partial charge in [0.2, 0.25) is 0 Å². The van der Waals surface area contributed by atoms with Crippen molar-refractivity contribution >= 4 is 0 Å². The number of hydrogen-bond donors (Lipinski definition) is 0. The summed E-state index contributed by atoms with van der Waals surface area (Å²) < 4.78 is 5.10. The van der Waals surface area contributed by atoms with Crippen molar-refractivity contribution in [2.75, 3.05) is 0 Å². The Bertz CT molecular complexity index is 387. The monoisotopic (exact) mass is 230 g/mol. The number of terminal acetylenes is 1. The molecule has 0 amide bonds. The van der Waals surface area contributed by atoms with Crippen molar-refractivity contribution in [3.05, 3.63) is 34.9 Å². The van der Waals surface area contributed by atoms with Gasteiger partial charge in [0, 0.05) is 0 Å². The fourth-order valence-electron chi connectivity index (χ4n) is 2.13. The van der Waals surface area contributed by atoms with E-state index in [4.69, 9.17) is 11.2 Å². The number of ether oxygens (including phenoxy) is 1. The quantitative estimate of drug-likeness (QED) is 0.658. The third-order valence-electron chi connectivity index (χ3n) is 3.13. The van der Waals surface area contributed by atoms with Crippen LogP contribution in [0.5, 0.6) is 0 Å². The van der Waals surface area contributed by atoms with E-state index < -0.39 is 0 Å². The van der Waals surface area contributed by atoms with Gasteiger partial charge in [-0.15, -0.1) is 0 Å². The maximum atomic E-state index is 5.15. The SMILES string of the molecule is C#COCc1cc(C)ccc1C(C)CCCC. The molecule has 0 bridgehead atoms. The van der Waals surface area contributed by atoms with Crippen LogP contribution in [0.25, 0.3) is 0 Å². The highest BCUT2D eigenvalue weighted by Crippen LogP contribution is 2.26. The molecule has 1 aromatic rings. The van der Waals surface area contributed by atoms with Crippen molar-refractivity contribution in [1.82, 2.24) is 0 Å². The maximum absolute atomic E-state index is 5.15. The molecule has 0 saturated heterocycles. The molecule has 17 heavy (non-hydrogen) atoms. The highest BCUT2D eigenvalue weighted by atomic mass is 16.5. The molecule has 1 heteroatoms. The molecule has 0 radical (unpaired) electrons. The van der Waals surface area contributed by atoms with Gasteiger partial charge in [-0.25, -0.2) is 0 Å². The summed E-state index contributed by atoms with van der Waals surface area (Å²) >= 11 is 0. The Kier molecular flexibility index (Phi) is 5.63. The van der Waals surface area contributed by atoms with Crippen LogP contribution in [0.4, 0.5) is 0 Å². The molecule has 0 aromatic heterocycles. The first-order valence-corrected chi connectivity index (χ1v) is 6.35. The van der Waals surface area contributed by atoms with Crippen LogP contribution in [0, 0.1) is 19.5 Å². The molecule has 0 aliphatic rings. The molecule has 0 aliphatic carbocycles. The van der Waals surface area contributed by atoms with Gasteiger partial charge in [-0.3, -0.25) is 0 Å².